The molecule has 1 fully saturated rings. The molecule has 0 radical (unpaired) electrons. The van der Waals surface area contributed by atoms with E-state index in [1.165, 1.54) is 44.2 Å². The molecule has 1 aromatic rings. The molecule has 0 amide bonds. The first-order valence-corrected chi connectivity index (χ1v) is 9.12. The van der Waals surface area contributed by atoms with Gasteiger partial charge in [-0.05, 0) is 45.2 Å². The number of ether oxygens (including phenoxy) is 1. The van der Waals surface area contributed by atoms with Gasteiger partial charge < -0.3 is 15.4 Å². The molecular formula is C17H28N2O2S. The van der Waals surface area contributed by atoms with Gasteiger partial charge in [0.2, 0.25) is 0 Å². The van der Waals surface area contributed by atoms with Crippen LogP contribution in [0.5, 0.6) is 0 Å². The fourth-order valence-electron chi connectivity index (χ4n) is 3.47. The van der Waals surface area contributed by atoms with Crippen LogP contribution in [-0.4, -0.2) is 32.2 Å². The summed E-state index contributed by atoms with van der Waals surface area (Å²) in [6.07, 6.45) is 7.22. The van der Waals surface area contributed by atoms with E-state index in [2.05, 4.69) is 11.8 Å². The van der Waals surface area contributed by atoms with Gasteiger partial charge in [-0.2, -0.15) is 0 Å². The summed E-state index contributed by atoms with van der Waals surface area (Å²) in [7, 11) is 1.45. The van der Waals surface area contributed by atoms with Gasteiger partial charge in [0.1, 0.15) is 0 Å². The number of rotatable bonds is 6. The SMILES string of the molecule is CCN(c1sc(CCN)c(C(=O)OC)c1C)C1CCCCC1. The molecule has 124 valence electrons. The van der Waals surface area contributed by atoms with E-state index < -0.39 is 0 Å². The monoisotopic (exact) mass is 324 g/mol. The van der Waals surface area contributed by atoms with Crippen molar-refractivity contribution in [1.29, 1.82) is 0 Å². The zero-order valence-electron chi connectivity index (χ0n) is 14.0. The third kappa shape index (κ3) is 3.46. The number of carbonyl (C=O) groups excluding carboxylic acids is 1. The average Bonchev–Trinajstić information content (AvgIpc) is 2.85. The molecular weight excluding hydrogens is 296 g/mol. The van der Waals surface area contributed by atoms with Crippen molar-refractivity contribution in [2.24, 2.45) is 5.73 Å². The third-order valence-corrected chi connectivity index (χ3v) is 5.96. The summed E-state index contributed by atoms with van der Waals surface area (Å²) in [5.74, 6) is -0.233. The maximum Gasteiger partial charge on any atom is 0.339 e. The molecule has 22 heavy (non-hydrogen) atoms. The van der Waals surface area contributed by atoms with Crippen LogP contribution in [0.3, 0.4) is 0 Å². The molecule has 1 heterocycles. The van der Waals surface area contributed by atoms with E-state index in [1.807, 2.05) is 6.92 Å². The van der Waals surface area contributed by atoms with Crippen LogP contribution in [0.1, 0.15) is 59.8 Å². The molecule has 2 N–H and O–H groups in total. The second kappa shape index (κ2) is 7.97. The summed E-state index contributed by atoms with van der Waals surface area (Å²) in [6.45, 7) is 5.78. The van der Waals surface area contributed by atoms with Gasteiger partial charge in [-0.25, -0.2) is 4.79 Å². The van der Waals surface area contributed by atoms with Gasteiger partial charge in [-0.15, -0.1) is 11.3 Å². The maximum absolute atomic E-state index is 12.2. The van der Waals surface area contributed by atoms with Gasteiger partial charge in [0.25, 0.3) is 0 Å². The van der Waals surface area contributed by atoms with E-state index in [0.717, 1.165) is 29.0 Å². The molecule has 5 heteroatoms. The predicted molar refractivity (Wildman–Crippen MR) is 93.0 cm³/mol. The minimum atomic E-state index is -0.233. The Morgan fingerprint density at radius 3 is 2.59 bits per heavy atom. The van der Waals surface area contributed by atoms with Crippen molar-refractivity contribution in [1.82, 2.24) is 0 Å². The van der Waals surface area contributed by atoms with Gasteiger partial charge in [-0.1, -0.05) is 19.3 Å². The Morgan fingerprint density at radius 2 is 2.05 bits per heavy atom. The van der Waals surface area contributed by atoms with E-state index >= 15 is 0 Å². The first-order valence-electron chi connectivity index (χ1n) is 8.31. The summed E-state index contributed by atoms with van der Waals surface area (Å²) in [5, 5.41) is 1.23. The summed E-state index contributed by atoms with van der Waals surface area (Å²) in [6, 6.07) is 0.604. The second-order valence-electron chi connectivity index (χ2n) is 5.94. The largest absolute Gasteiger partial charge is 0.465 e. The first kappa shape index (κ1) is 17.3. The molecule has 4 nitrogen and oxygen atoms in total. The molecule has 1 saturated carbocycles. The van der Waals surface area contributed by atoms with Crippen LogP contribution in [0.2, 0.25) is 0 Å². The standard InChI is InChI=1S/C17H28N2O2S/c1-4-19(13-8-6-5-7-9-13)16-12(2)15(17(20)21-3)14(22-16)10-11-18/h13H,4-11,18H2,1-3H3. The van der Waals surface area contributed by atoms with Crippen molar-refractivity contribution in [3.8, 4) is 0 Å². The molecule has 0 atom stereocenters. The smallest absolute Gasteiger partial charge is 0.339 e. The fourth-order valence-corrected chi connectivity index (χ4v) is 4.91. The summed E-state index contributed by atoms with van der Waals surface area (Å²) in [4.78, 5) is 15.7. The Kier molecular flexibility index (Phi) is 6.26. The quantitative estimate of drug-likeness (QED) is 0.814. The first-order chi connectivity index (χ1) is 10.6. The van der Waals surface area contributed by atoms with Crippen LogP contribution in [0.25, 0.3) is 0 Å². The fraction of sp³-hybridized carbons (Fsp3) is 0.706. The average molecular weight is 324 g/mol. The normalized spacial score (nSPS) is 15.8. The highest BCUT2D eigenvalue weighted by Gasteiger charge is 2.27. The number of carbonyl (C=O) groups is 1. The third-order valence-electron chi connectivity index (χ3n) is 4.57. The molecule has 1 aliphatic rings. The molecule has 0 unspecified atom stereocenters. The van der Waals surface area contributed by atoms with E-state index in [-0.39, 0.29) is 5.97 Å². The highest BCUT2D eigenvalue weighted by atomic mass is 32.1. The Hall–Kier alpha value is -1.07. The lowest BCUT2D eigenvalue weighted by Gasteiger charge is -2.35. The molecule has 0 bridgehead atoms. The van der Waals surface area contributed by atoms with Gasteiger partial charge in [0.05, 0.1) is 17.7 Å². The number of nitrogens with zero attached hydrogens (tertiary/aromatic N) is 1. The van der Waals surface area contributed by atoms with Crippen LogP contribution >= 0.6 is 11.3 Å². The van der Waals surface area contributed by atoms with Crippen molar-refractivity contribution in [2.75, 3.05) is 25.1 Å². The van der Waals surface area contributed by atoms with E-state index in [1.54, 1.807) is 11.3 Å². The number of hydrogen-bond acceptors (Lipinski definition) is 5. The zero-order chi connectivity index (χ0) is 16.1. The molecule has 2 rings (SSSR count). The Labute approximate surface area is 137 Å². The Morgan fingerprint density at radius 1 is 1.36 bits per heavy atom. The molecule has 0 saturated heterocycles. The molecule has 0 spiro atoms. The Balaban J connectivity index is 2.37. The van der Waals surface area contributed by atoms with Gasteiger partial charge in [0, 0.05) is 17.5 Å². The van der Waals surface area contributed by atoms with Crippen LogP contribution in [0.15, 0.2) is 0 Å². The number of hydrogen-bond donors (Lipinski definition) is 1. The second-order valence-corrected chi connectivity index (χ2v) is 7.02. The molecule has 0 aromatic carbocycles. The molecule has 1 aliphatic carbocycles. The summed E-state index contributed by atoms with van der Waals surface area (Å²) in [5.41, 5.74) is 7.52. The van der Waals surface area contributed by atoms with Crippen LogP contribution in [0, 0.1) is 6.92 Å². The Bertz CT molecular complexity index is 507. The van der Waals surface area contributed by atoms with Crippen LogP contribution < -0.4 is 10.6 Å². The number of thiophene rings is 1. The van der Waals surface area contributed by atoms with E-state index in [0.29, 0.717) is 12.6 Å². The lowest BCUT2D eigenvalue weighted by Crippen LogP contribution is -2.36. The summed E-state index contributed by atoms with van der Waals surface area (Å²) < 4.78 is 4.98. The highest BCUT2D eigenvalue weighted by Crippen LogP contribution is 2.39. The molecule has 0 aliphatic heterocycles. The van der Waals surface area contributed by atoms with E-state index in [9.17, 15) is 4.79 Å². The van der Waals surface area contributed by atoms with Gasteiger partial charge in [0.15, 0.2) is 0 Å². The van der Waals surface area contributed by atoms with Crippen molar-refractivity contribution in [2.45, 2.75) is 58.4 Å². The zero-order valence-corrected chi connectivity index (χ0v) is 14.8. The number of anilines is 1. The lowest BCUT2D eigenvalue weighted by atomic mass is 9.94. The number of esters is 1. The minimum Gasteiger partial charge on any atom is -0.465 e. The van der Waals surface area contributed by atoms with Gasteiger partial charge >= 0.3 is 5.97 Å². The number of methoxy groups -OCH3 is 1. The van der Waals surface area contributed by atoms with Gasteiger partial charge in [-0.3, -0.25) is 0 Å². The van der Waals surface area contributed by atoms with Crippen LogP contribution in [-0.2, 0) is 11.2 Å². The minimum absolute atomic E-state index is 0.233. The number of nitrogens with two attached hydrogens (primary N) is 1. The van der Waals surface area contributed by atoms with Crippen molar-refractivity contribution in [3.05, 3.63) is 16.0 Å². The maximum atomic E-state index is 12.2. The molecule has 1 aromatic heterocycles. The highest BCUT2D eigenvalue weighted by molar-refractivity contribution is 7.16. The topological polar surface area (TPSA) is 55.6 Å². The van der Waals surface area contributed by atoms with Crippen molar-refractivity contribution < 1.29 is 9.53 Å². The van der Waals surface area contributed by atoms with Crippen molar-refractivity contribution in [3.63, 3.8) is 0 Å². The predicted octanol–water partition coefficient (Wildman–Crippen LogP) is 3.50. The lowest BCUT2D eigenvalue weighted by molar-refractivity contribution is 0.0599. The van der Waals surface area contributed by atoms with E-state index in [4.69, 9.17) is 10.5 Å². The van der Waals surface area contributed by atoms with Crippen molar-refractivity contribution >= 4 is 22.3 Å². The van der Waals surface area contributed by atoms with Crippen LogP contribution in [0.4, 0.5) is 5.00 Å². The summed E-state index contributed by atoms with van der Waals surface area (Å²) >= 11 is 1.73.